The van der Waals surface area contributed by atoms with Crippen LogP contribution in [-0.2, 0) is 18.4 Å². The highest BCUT2D eigenvalue weighted by Crippen LogP contribution is 2.20. The van der Waals surface area contributed by atoms with Crippen LogP contribution in [0.15, 0.2) is 48.7 Å². The minimum atomic E-state index is -0.374. The highest BCUT2D eigenvalue weighted by molar-refractivity contribution is 5.96. The van der Waals surface area contributed by atoms with E-state index >= 15 is 0 Å². The van der Waals surface area contributed by atoms with Gasteiger partial charge in [-0.25, -0.2) is 0 Å². The van der Waals surface area contributed by atoms with Crippen LogP contribution >= 0.6 is 0 Å². The zero-order chi connectivity index (χ0) is 16.2. The Morgan fingerprint density at radius 1 is 1.17 bits per heavy atom. The quantitative estimate of drug-likeness (QED) is 0.938. The number of rotatable bonds is 4. The molecule has 2 amide bonds. The molecule has 1 unspecified atom stereocenters. The molecule has 0 radical (unpaired) electrons. The molecular weight excluding hydrogens is 290 g/mol. The summed E-state index contributed by atoms with van der Waals surface area (Å²) in [6.45, 7) is 1.12. The molecule has 120 valence electrons. The monoisotopic (exact) mass is 311 g/mol. The third-order valence-corrected chi connectivity index (χ3v) is 4.29. The predicted molar refractivity (Wildman–Crippen MR) is 87.8 cm³/mol. The maximum atomic E-state index is 12.6. The van der Waals surface area contributed by atoms with Crippen LogP contribution in [0.25, 0.3) is 0 Å². The number of aromatic nitrogens is 1. The van der Waals surface area contributed by atoms with Gasteiger partial charge in [0.15, 0.2) is 0 Å². The van der Waals surface area contributed by atoms with E-state index in [2.05, 4.69) is 5.32 Å². The Hall–Kier alpha value is -2.56. The first-order chi connectivity index (χ1) is 11.2. The van der Waals surface area contributed by atoms with Crippen molar-refractivity contribution in [1.82, 2.24) is 14.8 Å². The van der Waals surface area contributed by atoms with Crippen LogP contribution in [-0.4, -0.2) is 33.9 Å². The number of amides is 2. The fourth-order valence-electron chi connectivity index (χ4n) is 3.02. The third kappa shape index (κ3) is 3.28. The molecule has 0 bridgehead atoms. The molecule has 5 heteroatoms. The maximum absolute atomic E-state index is 12.6. The summed E-state index contributed by atoms with van der Waals surface area (Å²) in [6.07, 6.45) is 3.42. The van der Waals surface area contributed by atoms with Gasteiger partial charge in [0.2, 0.25) is 5.91 Å². The molecule has 2 heterocycles. The smallest absolute Gasteiger partial charge is 0.271 e. The minimum absolute atomic E-state index is 0.0742. The lowest BCUT2D eigenvalue weighted by Gasteiger charge is -2.24. The van der Waals surface area contributed by atoms with Gasteiger partial charge < -0.3 is 14.8 Å². The van der Waals surface area contributed by atoms with E-state index in [1.54, 1.807) is 15.5 Å². The standard InChI is InChI=1S/C18H21N3O2/c1-20-11-5-10-16(20)18(23)21-12-6-9-15(21)17(22)19-13-14-7-3-2-4-8-14/h2-5,7-8,10-11,15H,6,9,12-13H2,1H3,(H,19,22). The van der Waals surface area contributed by atoms with Gasteiger partial charge in [-0.05, 0) is 30.5 Å². The summed E-state index contributed by atoms with van der Waals surface area (Å²) in [5.41, 5.74) is 1.67. The first kappa shape index (κ1) is 15.3. The number of hydrogen-bond acceptors (Lipinski definition) is 2. The van der Waals surface area contributed by atoms with Gasteiger partial charge in [-0.2, -0.15) is 0 Å². The van der Waals surface area contributed by atoms with E-state index < -0.39 is 0 Å². The molecule has 1 atom stereocenters. The van der Waals surface area contributed by atoms with E-state index in [1.165, 1.54) is 0 Å². The lowest BCUT2D eigenvalue weighted by Crippen LogP contribution is -2.46. The second-order valence-corrected chi connectivity index (χ2v) is 5.86. The van der Waals surface area contributed by atoms with Crippen molar-refractivity contribution in [3.05, 3.63) is 59.9 Å². The van der Waals surface area contributed by atoms with Gasteiger partial charge in [0.25, 0.3) is 5.91 Å². The molecule has 1 aliphatic rings. The molecule has 0 saturated carbocycles. The zero-order valence-corrected chi connectivity index (χ0v) is 13.2. The van der Waals surface area contributed by atoms with Crippen molar-refractivity contribution in [2.45, 2.75) is 25.4 Å². The topological polar surface area (TPSA) is 54.3 Å². The normalized spacial score (nSPS) is 17.3. The van der Waals surface area contributed by atoms with Crippen LogP contribution in [0.3, 0.4) is 0 Å². The van der Waals surface area contributed by atoms with E-state index in [9.17, 15) is 9.59 Å². The Morgan fingerprint density at radius 3 is 2.65 bits per heavy atom. The molecule has 1 aliphatic heterocycles. The van der Waals surface area contributed by atoms with Gasteiger partial charge in [0, 0.05) is 26.3 Å². The average molecular weight is 311 g/mol. The molecule has 0 aliphatic carbocycles. The van der Waals surface area contributed by atoms with Crippen LogP contribution < -0.4 is 5.32 Å². The second-order valence-electron chi connectivity index (χ2n) is 5.86. The molecule has 23 heavy (non-hydrogen) atoms. The number of nitrogens with one attached hydrogen (secondary N) is 1. The van der Waals surface area contributed by atoms with Crippen LogP contribution in [0.1, 0.15) is 28.9 Å². The SMILES string of the molecule is Cn1cccc1C(=O)N1CCCC1C(=O)NCc1ccccc1. The lowest BCUT2D eigenvalue weighted by molar-refractivity contribution is -0.125. The van der Waals surface area contributed by atoms with E-state index in [-0.39, 0.29) is 17.9 Å². The highest BCUT2D eigenvalue weighted by atomic mass is 16.2. The number of aryl methyl sites for hydroxylation is 1. The van der Waals surface area contributed by atoms with Crippen LogP contribution in [0, 0.1) is 0 Å². The number of carbonyl (C=O) groups excluding carboxylic acids is 2. The summed E-state index contributed by atoms with van der Waals surface area (Å²) in [4.78, 5) is 26.8. The van der Waals surface area contributed by atoms with E-state index in [4.69, 9.17) is 0 Å². The maximum Gasteiger partial charge on any atom is 0.271 e. The first-order valence-electron chi connectivity index (χ1n) is 7.91. The van der Waals surface area contributed by atoms with Crippen molar-refractivity contribution in [3.8, 4) is 0 Å². The van der Waals surface area contributed by atoms with E-state index in [0.29, 0.717) is 18.8 Å². The Labute approximate surface area is 135 Å². The van der Waals surface area contributed by atoms with Crippen LogP contribution in [0.5, 0.6) is 0 Å². The molecule has 0 spiro atoms. The van der Waals surface area contributed by atoms with Gasteiger partial charge >= 0.3 is 0 Å². The van der Waals surface area contributed by atoms with Crippen molar-refractivity contribution in [2.24, 2.45) is 7.05 Å². The van der Waals surface area contributed by atoms with Gasteiger partial charge in [-0.15, -0.1) is 0 Å². The molecule has 2 aromatic rings. The summed E-state index contributed by atoms with van der Waals surface area (Å²) in [5.74, 6) is -0.149. The van der Waals surface area contributed by atoms with E-state index in [0.717, 1.165) is 18.4 Å². The molecule has 1 saturated heterocycles. The number of likely N-dealkylation sites (tertiary alicyclic amines) is 1. The summed E-state index contributed by atoms with van der Waals surface area (Å²) >= 11 is 0. The van der Waals surface area contributed by atoms with E-state index in [1.807, 2.05) is 49.6 Å². The molecular formula is C18H21N3O2. The zero-order valence-electron chi connectivity index (χ0n) is 13.2. The van der Waals surface area contributed by atoms with Crippen molar-refractivity contribution in [1.29, 1.82) is 0 Å². The Morgan fingerprint density at radius 2 is 1.96 bits per heavy atom. The Balaban J connectivity index is 1.65. The molecule has 1 N–H and O–H groups in total. The minimum Gasteiger partial charge on any atom is -0.350 e. The molecule has 1 aromatic carbocycles. The van der Waals surface area contributed by atoms with Gasteiger partial charge in [0.05, 0.1) is 0 Å². The molecule has 1 aromatic heterocycles. The number of carbonyl (C=O) groups is 2. The average Bonchev–Trinajstić information content (AvgIpc) is 3.22. The largest absolute Gasteiger partial charge is 0.350 e. The highest BCUT2D eigenvalue weighted by Gasteiger charge is 2.35. The third-order valence-electron chi connectivity index (χ3n) is 4.29. The van der Waals surface area contributed by atoms with Crippen molar-refractivity contribution in [3.63, 3.8) is 0 Å². The number of hydrogen-bond donors (Lipinski definition) is 1. The molecule has 1 fully saturated rings. The fourth-order valence-corrected chi connectivity index (χ4v) is 3.02. The Kier molecular flexibility index (Phi) is 4.46. The second kappa shape index (κ2) is 6.69. The fraction of sp³-hybridized carbons (Fsp3) is 0.333. The van der Waals surface area contributed by atoms with Gasteiger partial charge in [0.1, 0.15) is 11.7 Å². The summed E-state index contributed by atoms with van der Waals surface area (Å²) < 4.78 is 1.79. The van der Waals surface area contributed by atoms with Crippen molar-refractivity contribution < 1.29 is 9.59 Å². The summed E-state index contributed by atoms with van der Waals surface area (Å²) in [7, 11) is 1.84. The van der Waals surface area contributed by atoms with Crippen molar-refractivity contribution in [2.75, 3.05) is 6.54 Å². The number of nitrogens with zero attached hydrogens (tertiary/aromatic N) is 2. The Bertz CT molecular complexity index is 693. The van der Waals surface area contributed by atoms with Gasteiger partial charge in [-0.3, -0.25) is 9.59 Å². The van der Waals surface area contributed by atoms with Crippen LogP contribution in [0.4, 0.5) is 0 Å². The first-order valence-corrected chi connectivity index (χ1v) is 7.91. The van der Waals surface area contributed by atoms with Crippen molar-refractivity contribution >= 4 is 11.8 Å². The van der Waals surface area contributed by atoms with Gasteiger partial charge in [-0.1, -0.05) is 30.3 Å². The molecule has 3 rings (SSSR count). The summed E-state index contributed by atoms with van der Waals surface area (Å²) in [6, 6.07) is 13.0. The number of benzene rings is 1. The predicted octanol–water partition coefficient (Wildman–Crippen LogP) is 1.95. The lowest BCUT2D eigenvalue weighted by atomic mass is 10.2. The molecule has 5 nitrogen and oxygen atoms in total. The summed E-state index contributed by atoms with van der Waals surface area (Å²) in [5, 5.41) is 2.95. The van der Waals surface area contributed by atoms with Crippen LogP contribution in [0.2, 0.25) is 0 Å².